The van der Waals surface area contributed by atoms with Crippen LogP contribution in [0.4, 0.5) is 4.79 Å². The van der Waals surface area contributed by atoms with Crippen molar-refractivity contribution in [1.29, 1.82) is 0 Å². The Morgan fingerprint density at radius 1 is 1.17 bits per heavy atom. The Labute approximate surface area is 142 Å². The summed E-state index contributed by atoms with van der Waals surface area (Å²) in [6.45, 7) is 10.6. The van der Waals surface area contributed by atoms with Crippen molar-refractivity contribution in [3.05, 3.63) is 0 Å². The summed E-state index contributed by atoms with van der Waals surface area (Å²) in [4.78, 5) is 14.0. The predicted molar refractivity (Wildman–Crippen MR) is 93.7 cm³/mol. The van der Waals surface area contributed by atoms with E-state index in [-0.39, 0.29) is 6.09 Å². The van der Waals surface area contributed by atoms with Crippen LogP contribution >= 0.6 is 0 Å². The SMILES string of the molecule is COCCN(CCNC1CCCC(C)CC1)C(=O)OC(C)(C)C. The normalized spacial score (nSPS) is 22.5. The van der Waals surface area contributed by atoms with E-state index in [1.807, 2.05) is 20.8 Å². The Hall–Kier alpha value is -0.810. The van der Waals surface area contributed by atoms with Crippen LogP contribution in [0, 0.1) is 5.92 Å². The van der Waals surface area contributed by atoms with E-state index in [1.54, 1.807) is 12.0 Å². The van der Waals surface area contributed by atoms with Crippen LogP contribution in [0.1, 0.15) is 59.8 Å². The van der Waals surface area contributed by atoms with E-state index in [0.717, 1.165) is 12.5 Å². The van der Waals surface area contributed by atoms with Gasteiger partial charge < -0.3 is 19.7 Å². The summed E-state index contributed by atoms with van der Waals surface area (Å²) in [5.41, 5.74) is -0.465. The van der Waals surface area contributed by atoms with Gasteiger partial charge in [-0.25, -0.2) is 4.79 Å². The average molecular weight is 328 g/mol. The number of ether oxygens (including phenoxy) is 2. The maximum Gasteiger partial charge on any atom is 0.410 e. The first kappa shape index (κ1) is 20.2. The van der Waals surface area contributed by atoms with Gasteiger partial charge in [-0.2, -0.15) is 0 Å². The van der Waals surface area contributed by atoms with Crippen LogP contribution in [-0.2, 0) is 9.47 Å². The number of rotatable bonds is 7. The van der Waals surface area contributed by atoms with Gasteiger partial charge >= 0.3 is 6.09 Å². The average Bonchev–Trinajstić information content (AvgIpc) is 2.65. The number of methoxy groups -OCH3 is 1. The van der Waals surface area contributed by atoms with Gasteiger partial charge in [0.05, 0.1) is 6.61 Å². The number of nitrogens with zero attached hydrogens (tertiary/aromatic N) is 1. The van der Waals surface area contributed by atoms with Crippen LogP contribution in [0.2, 0.25) is 0 Å². The van der Waals surface area contributed by atoms with Crippen LogP contribution in [-0.4, -0.2) is 56.0 Å². The van der Waals surface area contributed by atoms with Crippen molar-refractivity contribution in [1.82, 2.24) is 10.2 Å². The van der Waals surface area contributed by atoms with Crippen molar-refractivity contribution >= 4 is 6.09 Å². The molecule has 0 aromatic rings. The molecule has 5 heteroatoms. The lowest BCUT2D eigenvalue weighted by molar-refractivity contribution is 0.0202. The number of hydrogen-bond donors (Lipinski definition) is 1. The van der Waals surface area contributed by atoms with Crippen molar-refractivity contribution in [2.75, 3.05) is 33.4 Å². The van der Waals surface area contributed by atoms with Gasteiger partial charge in [0.1, 0.15) is 5.60 Å². The van der Waals surface area contributed by atoms with Crippen molar-refractivity contribution in [3.8, 4) is 0 Å². The number of carbonyl (C=O) groups is 1. The molecule has 136 valence electrons. The Kier molecular flexibility index (Phi) is 8.92. The molecule has 1 saturated carbocycles. The molecule has 0 aromatic carbocycles. The quantitative estimate of drug-likeness (QED) is 0.728. The van der Waals surface area contributed by atoms with Gasteiger partial charge in [0.2, 0.25) is 0 Å². The highest BCUT2D eigenvalue weighted by Crippen LogP contribution is 2.22. The monoisotopic (exact) mass is 328 g/mol. The zero-order valence-electron chi connectivity index (χ0n) is 15.7. The third-order valence-corrected chi connectivity index (χ3v) is 4.29. The van der Waals surface area contributed by atoms with Gasteiger partial charge in [-0.15, -0.1) is 0 Å². The van der Waals surface area contributed by atoms with Crippen LogP contribution in [0.5, 0.6) is 0 Å². The molecule has 0 aromatic heterocycles. The second-order valence-corrected chi connectivity index (χ2v) is 7.72. The van der Waals surface area contributed by atoms with Gasteiger partial charge in [-0.1, -0.05) is 19.8 Å². The standard InChI is InChI=1S/C18H36N2O3/c1-15-7-6-8-16(10-9-15)19-11-12-20(13-14-22-5)17(21)23-18(2,3)4/h15-16,19H,6-14H2,1-5H3. The molecule has 1 N–H and O–H groups in total. The molecule has 5 nitrogen and oxygen atoms in total. The molecule has 0 aliphatic heterocycles. The predicted octanol–water partition coefficient (Wildman–Crippen LogP) is 3.43. The van der Waals surface area contributed by atoms with Gasteiger partial charge in [-0.05, 0) is 46.0 Å². The van der Waals surface area contributed by atoms with Gasteiger partial charge in [0, 0.05) is 32.8 Å². The third-order valence-electron chi connectivity index (χ3n) is 4.29. The Morgan fingerprint density at radius 3 is 2.57 bits per heavy atom. The molecular formula is C18H36N2O3. The van der Waals surface area contributed by atoms with Crippen molar-refractivity contribution in [2.45, 2.75) is 71.4 Å². The van der Waals surface area contributed by atoms with Gasteiger partial charge in [0.25, 0.3) is 0 Å². The molecule has 0 heterocycles. The topological polar surface area (TPSA) is 50.8 Å². The fourth-order valence-electron chi connectivity index (χ4n) is 2.92. The summed E-state index contributed by atoms with van der Waals surface area (Å²) in [5.74, 6) is 0.849. The Balaban J connectivity index is 2.39. The second-order valence-electron chi connectivity index (χ2n) is 7.72. The minimum atomic E-state index is -0.465. The van der Waals surface area contributed by atoms with E-state index in [4.69, 9.17) is 9.47 Å². The molecule has 1 amide bonds. The Morgan fingerprint density at radius 2 is 1.91 bits per heavy atom. The van der Waals surface area contributed by atoms with E-state index in [1.165, 1.54) is 32.1 Å². The smallest absolute Gasteiger partial charge is 0.410 e. The van der Waals surface area contributed by atoms with E-state index in [0.29, 0.717) is 25.7 Å². The third kappa shape index (κ3) is 9.16. The summed E-state index contributed by atoms with van der Waals surface area (Å²) in [7, 11) is 1.65. The highest BCUT2D eigenvalue weighted by molar-refractivity contribution is 5.68. The first-order valence-corrected chi connectivity index (χ1v) is 9.02. The maximum atomic E-state index is 12.3. The first-order valence-electron chi connectivity index (χ1n) is 9.02. The molecule has 0 bridgehead atoms. The Bertz CT molecular complexity index is 342. The zero-order chi connectivity index (χ0) is 17.3. The van der Waals surface area contributed by atoms with Crippen molar-refractivity contribution < 1.29 is 14.3 Å². The molecule has 0 spiro atoms. The van der Waals surface area contributed by atoms with Crippen LogP contribution in [0.15, 0.2) is 0 Å². The van der Waals surface area contributed by atoms with Gasteiger partial charge in [0.15, 0.2) is 0 Å². The molecule has 0 saturated heterocycles. The van der Waals surface area contributed by atoms with Crippen LogP contribution in [0.25, 0.3) is 0 Å². The zero-order valence-corrected chi connectivity index (χ0v) is 15.7. The summed E-state index contributed by atoms with van der Waals surface area (Å²) in [6.07, 6.45) is 6.18. The summed E-state index contributed by atoms with van der Waals surface area (Å²) >= 11 is 0. The second kappa shape index (κ2) is 10.1. The minimum absolute atomic E-state index is 0.258. The molecule has 1 aliphatic carbocycles. The van der Waals surface area contributed by atoms with Crippen molar-refractivity contribution in [3.63, 3.8) is 0 Å². The number of carbonyl (C=O) groups excluding carboxylic acids is 1. The minimum Gasteiger partial charge on any atom is -0.444 e. The van der Waals surface area contributed by atoms with E-state index < -0.39 is 5.60 Å². The van der Waals surface area contributed by atoms with Gasteiger partial charge in [-0.3, -0.25) is 0 Å². The van der Waals surface area contributed by atoms with Crippen molar-refractivity contribution in [2.24, 2.45) is 5.92 Å². The summed E-state index contributed by atoms with van der Waals surface area (Å²) in [5, 5.41) is 3.62. The highest BCUT2D eigenvalue weighted by Gasteiger charge is 2.22. The van der Waals surface area contributed by atoms with Crippen LogP contribution in [0.3, 0.4) is 0 Å². The van der Waals surface area contributed by atoms with E-state index >= 15 is 0 Å². The summed E-state index contributed by atoms with van der Waals surface area (Å²) in [6, 6.07) is 0.586. The number of amides is 1. The van der Waals surface area contributed by atoms with E-state index in [9.17, 15) is 4.79 Å². The largest absolute Gasteiger partial charge is 0.444 e. The molecule has 1 fully saturated rings. The summed E-state index contributed by atoms with van der Waals surface area (Å²) < 4.78 is 10.6. The molecule has 0 radical (unpaired) electrons. The molecule has 1 rings (SSSR count). The number of nitrogens with one attached hydrogen (secondary N) is 1. The molecule has 2 unspecified atom stereocenters. The van der Waals surface area contributed by atoms with Crippen LogP contribution < -0.4 is 5.32 Å². The fraction of sp³-hybridized carbons (Fsp3) is 0.944. The lowest BCUT2D eigenvalue weighted by Gasteiger charge is -2.28. The molecule has 2 atom stereocenters. The van der Waals surface area contributed by atoms with E-state index in [2.05, 4.69) is 12.2 Å². The first-order chi connectivity index (χ1) is 10.8. The fourth-order valence-corrected chi connectivity index (χ4v) is 2.92. The molecule has 1 aliphatic rings. The molecule has 23 heavy (non-hydrogen) atoms. The lowest BCUT2D eigenvalue weighted by Crippen LogP contribution is -2.43. The highest BCUT2D eigenvalue weighted by atomic mass is 16.6. The molecular weight excluding hydrogens is 292 g/mol. The lowest BCUT2D eigenvalue weighted by atomic mass is 10.0. The maximum absolute atomic E-state index is 12.3. The number of hydrogen-bond acceptors (Lipinski definition) is 4.